The highest BCUT2D eigenvalue weighted by Gasteiger charge is 2.28. The standard InChI is InChI=1S/C14H24BrNO6/c1-13(2,3)22-12(18)16-10(11(17)19-4)7-8-14(9-15,20-5)21-6/h7H,8-9H2,1-6H3,(H,16,18). The van der Waals surface area contributed by atoms with Crippen LogP contribution in [0.25, 0.3) is 0 Å². The summed E-state index contributed by atoms with van der Waals surface area (Å²) < 4.78 is 20.3. The van der Waals surface area contributed by atoms with E-state index < -0.39 is 23.5 Å². The lowest BCUT2D eigenvalue weighted by Gasteiger charge is -2.27. The van der Waals surface area contributed by atoms with Gasteiger partial charge >= 0.3 is 12.1 Å². The van der Waals surface area contributed by atoms with Crippen LogP contribution in [-0.2, 0) is 23.7 Å². The fourth-order valence-electron chi connectivity index (χ4n) is 1.38. The second-order valence-corrected chi connectivity index (χ2v) is 5.95. The number of rotatable bonds is 7. The van der Waals surface area contributed by atoms with E-state index in [0.717, 1.165) is 0 Å². The van der Waals surface area contributed by atoms with E-state index in [2.05, 4.69) is 26.0 Å². The first-order valence-corrected chi connectivity index (χ1v) is 7.70. The van der Waals surface area contributed by atoms with Crippen LogP contribution < -0.4 is 5.32 Å². The van der Waals surface area contributed by atoms with Crippen molar-refractivity contribution in [3.8, 4) is 0 Å². The number of amides is 1. The van der Waals surface area contributed by atoms with Gasteiger partial charge in [-0.3, -0.25) is 5.32 Å². The molecule has 0 aliphatic carbocycles. The van der Waals surface area contributed by atoms with Gasteiger partial charge in [-0.25, -0.2) is 9.59 Å². The predicted octanol–water partition coefficient (Wildman–Crippen LogP) is 2.34. The quantitative estimate of drug-likeness (QED) is 0.315. The summed E-state index contributed by atoms with van der Waals surface area (Å²) in [6.45, 7) is 5.17. The number of carbonyl (C=O) groups excluding carboxylic acids is 2. The van der Waals surface area contributed by atoms with E-state index in [9.17, 15) is 9.59 Å². The molecule has 0 radical (unpaired) electrons. The Kier molecular flexibility index (Phi) is 8.65. The van der Waals surface area contributed by atoms with Gasteiger partial charge in [0.2, 0.25) is 0 Å². The number of esters is 1. The molecular weight excluding hydrogens is 358 g/mol. The third-order valence-electron chi connectivity index (χ3n) is 2.61. The molecule has 0 saturated heterocycles. The van der Waals surface area contributed by atoms with Gasteiger partial charge in [-0.1, -0.05) is 15.9 Å². The molecule has 0 aromatic carbocycles. The SMILES string of the molecule is COC(=O)C(=CCC(CBr)(OC)OC)NC(=O)OC(C)(C)C. The van der Waals surface area contributed by atoms with E-state index in [1.807, 2.05) is 0 Å². The third-order valence-corrected chi connectivity index (χ3v) is 3.46. The van der Waals surface area contributed by atoms with E-state index in [1.165, 1.54) is 27.4 Å². The van der Waals surface area contributed by atoms with Crippen molar-refractivity contribution in [3.05, 3.63) is 11.8 Å². The number of nitrogens with one attached hydrogen (secondary N) is 1. The Bertz CT molecular complexity index is 404. The van der Waals surface area contributed by atoms with E-state index in [4.69, 9.17) is 14.2 Å². The molecule has 0 aromatic rings. The van der Waals surface area contributed by atoms with Crippen molar-refractivity contribution in [3.63, 3.8) is 0 Å². The van der Waals surface area contributed by atoms with Crippen LogP contribution >= 0.6 is 15.9 Å². The number of carbonyl (C=O) groups is 2. The van der Waals surface area contributed by atoms with Gasteiger partial charge in [-0.05, 0) is 26.8 Å². The van der Waals surface area contributed by atoms with Crippen LogP contribution in [0.4, 0.5) is 4.79 Å². The Morgan fingerprint density at radius 3 is 2.05 bits per heavy atom. The van der Waals surface area contributed by atoms with Crippen LogP contribution in [0.5, 0.6) is 0 Å². The Labute approximate surface area is 139 Å². The molecule has 1 amide bonds. The van der Waals surface area contributed by atoms with Crippen LogP contribution in [-0.4, -0.2) is 50.1 Å². The first-order valence-electron chi connectivity index (χ1n) is 6.57. The molecule has 0 atom stereocenters. The van der Waals surface area contributed by atoms with Gasteiger partial charge in [-0.2, -0.15) is 0 Å². The summed E-state index contributed by atoms with van der Waals surface area (Å²) in [6, 6.07) is 0. The van der Waals surface area contributed by atoms with Crippen LogP contribution in [0.2, 0.25) is 0 Å². The summed E-state index contributed by atoms with van der Waals surface area (Å²) in [5.41, 5.74) is -0.722. The average Bonchev–Trinajstić information content (AvgIpc) is 2.45. The number of hydrogen-bond donors (Lipinski definition) is 1. The molecule has 1 N–H and O–H groups in total. The van der Waals surface area contributed by atoms with E-state index >= 15 is 0 Å². The molecule has 0 aliphatic rings. The van der Waals surface area contributed by atoms with Crippen molar-refractivity contribution in [1.29, 1.82) is 0 Å². The van der Waals surface area contributed by atoms with E-state index in [0.29, 0.717) is 5.33 Å². The number of methoxy groups -OCH3 is 3. The van der Waals surface area contributed by atoms with Crippen molar-refractivity contribution in [2.24, 2.45) is 0 Å². The molecule has 7 nitrogen and oxygen atoms in total. The smallest absolute Gasteiger partial charge is 0.412 e. The zero-order valence-corrected chi connectivity index (χ0v) is 15.4. The Hall–Kier alpha value is -1.12. The van der Waals surface area contributed by atoms with Crippen molar-refractivity contribution >= 4 is 28.0 Å². The summed E-state index contributed by atoms with van der Waals surface area (Å²) >= 11 is 3.28. The second-order valence-electron chi connectivity index (χ2n) is 5.39. The molecule has 128 valence electrons. The summed E-state index contributed by atoms with van der Waals surface area (Å²) in [5.74, 6) is -1.64. The molecule has 0 unspecified atom stereocenters. The lowest BCUT2D eigenvalue weighted by Crippen LogP contribution is -2.37. The van der Waals surface area contributed by atoms with E-state index in [-0.39, 0.29) is 12.1 Å². The van der Waals surface area contributed by atoms with Gasteiger partial charge in [0.25, 0.3) is 0 Å². The molecule has 0 aliphatic heterocycles. The minimum atomic E-state index is -0.950. The summed E-state index contributed by atoms with van der Waals surface area (Å²) in [5, 5.41) is 2.75. The molecule has 0 saturated carbocycles. The Balaban J connectivity index is 5.10. The monoisotopic (exact) mass is 381 g/mol. The molecule has 0 fully saturated rings. The fourth-order valence-corrected chi connectivity index (χ4v) is 2.07. The second kappa shape index (κ2) is 9.12. The topological polar surface area (TPSA) is 83.1 Å². The highest BCUT2D eigenvalue weighted by molar-refractivity contribution is 9.09. The lowest BCUT2D eigenvalue weighted by molar-refractivity contribution is -0.185. The first-order chi connectivity index (χ1) is 10.1. The van der Waals surface area contributed by atoms with Gasteiger partial charge in [0, 0.05) is 20.6 Å². The van der Waals surface area contributed by atoms with Gasteiger partial charge in [0.1, 0.15) is 11.3 Å². The highest BCUT2D eigenvalue weighted by Crippen LogP contribution is 2.20. The van der Waals surface area contributed by atoms with Crippen molar-refractivity contribution in [2.45, 2.75) is 38.6 Å². The lowest BCUT2D eigenvalue weighted by atomic mass is 10.2. The summed E-state index contributed by atoms with van der Waals surface area (Å²) in [4.78, 5) is 23.5. The Morgan fingerprint density at radius 1 is 1.14 bits per heavy atom. The van der Waals surface area contributed by atoms with Crippen LogP contribution in [0.3, 0.4) is 0 Å². The van der Waals surface area contributed by atoms with Crippen molar-refractivity contribution in [2.75, 3.05) is 26.7 Å². The maximum atomic E-state index is 11.8. The summed E-state index contributed by atoms with van der Waals surface area (Å²) in [7, 11) is 4.19. The van der Waals surface area contributed by atoms with Gasteiger partial charge < -0.3 is 18.9 Å². The van der Waals surface area contributed by atoms with Crippen LogP contribution in [0, 0.1) is 0 Å². The molecule has 0 bridgehead atoms. The van der Waals surface area contributed by atoms with Gasteiger partial charge in [-0.15, -0.1) is 0 Å². The largest absolute Gasteiger partial charge is 0.464 e. The number of alkyl halides is 1. The molecule has 0 aromatic heterocycles. The third kappa shape index (κ3) is 7.24. The molecule has 0 rings (SSSR count). The van der Waals surface area contributed by atoms with E-state index in [1.54, 1.807) is 20.8 Å². The van der Waals surface area contributed by atoms with Gasteiger partial charge in [0.15, 0.2) is 5.79 Å². The minimum absolute atomic E-state index is 0.0452. The molecule has 0 heterocycles. The summed E-state index contributed by atoms with van der Waals surface area (Å²) in [6.07, 6.45) is 0.929. The number of hydrogen-bond acceptors (Lipinski definition) is 6. The maximum Gasteiger partial charge on any atom is 0.412 e. The molecule has 0 spiro atoms. The maximum absolute atomic E-state index is 11.8. The normalized spacial score (nSPS) is 12.8. The molecule has 8 heteroatoms. The predicted molar refractivity (Wildman–Crippen MR) is 84.6 cm³/mol. The van der Waals surface area contributed by atoms with Gasteiger partial charge in [0.05, 0.1) is 12.4 Å². The first kappa shape index (κ1) is 20.9. The highest BCUT2D eigenvalue weighted by atomic mass is 79.9. The number of halogens is 1. The molecular formula is C14H24BrNO6. The zero-order chi connectivity index (χ0) is 17.4. The fraction of sp³-hybridized carbons (Fsp3) is 0.714. The zero-order valence-electron chi connectivity index (χ0n) is 13.8. The van der Waals surface area contributed by atoms with Crippen molar-refractivity contribution in [1.82, 2.24) is 5.32 Å². The van der Waals surface area contributed by atoms with Crippen LogP contribution in [0.15, 0.2) is 11.8 Å². The number of ether oxygens (including phenoxy) is 4. The molecule has 22 heavy (non-hydrogen) atoms. The average molecular weight is 382 g/mol. The van der Waals surface area contributed by atoms with Crippen LogP contribution in [0.1, 0.15) is 27.2 Å². The number of alkyl carbamates (subject to hydrolysis) is 1. The Morgan fingerprint density at radius 2 is 1.68 bits per heavy atom. The minimum Gasteiger partial charge on any atom is -0.464 e. The van der Waals surface area contributed by atoms with Crippen molar-refractivity contribution < 1.29 is 28.5 Å².